The minimum absolute atomic E-state index is 0.188. The first kappa shape index (κ1) is 21.5. The standard InChI is InChI=1S/C19H23F4N5S/c1-24-16(28-10-5-9-27(11-8-20)12-13-28)15-17(25-14-6-3-2-4-7-14)29-18(26-15)19(21,22)23/h2-4,6-7,25H,5,8-13H2,1H3. The number of rotatable bonds is 5. The molecule has 0 unspecified atom stereocenters. The van der Waals surface area contributed by atoms with Gasteiger partial charge in [-0.1, -0.05) is 29.5 Å². The molecule has 1 N–H and O–H groups in total. The van der Waals surface area contributed by atoms with Gasteiger partial charge >= 0.3 is 6.18 Å². The zero-order valence-corrected chi connectivity index (χ0v) is 16.9. The molecule has 29 heavy (non-hydrogen) atoms. The Balaban J connectivity index is 1.91. The van der Waals surface area contributed by atoms with Gasteiger partial charge in [0.05, 0.1) is 0 Å². The van der Waals surface area contributed by atoms with Crippen molar-refractivity contribution in [2.45, 2.75) is 12.6 Å². The Morgan fingerprint density at radius 1 is 1.17 bits per heavy atom. The van der Waals surface area contributed by atoms with Gasteiger partial charge in [-0.3, -0.25) is 9.89 Å². The normalized spacial score (nSPS) is 16.7. The highest BCUT2D eigenvalue weighted by Gasteiger charge is 2.37. The molecule has 1 aliphatic heterocycles. The summed E-state index contributed by atoms with van der Waals surface area (Å²) in [6, 6.07) is 8.99. The summed E-state index contributed by atoms with van der Waals surface area (Å²) in [7, 11) is 1.55. The van der Waals surface area contributed by atoms with Gasteiger partial charge in [0.25, 0.3) is 0 Å². The molecule has 0 radical (unpaired) electrons. The largest absolute Gasteiger partial charge is 0.443 e. The second-order valence-corrected chi connectivity index (χ2v) is 7.60. The van der Waals surface area contributed by atoms with Crippen LogP contribution in [0.1, 0.15) is 17.1 Å². The molecule has 0 amide bonds. The van der Waals surface area contributed by atoms with Gasteiger partial charge in [-0.05, 0) is 25.1 Å². The summed E-state index contributed by atoms with van der Waals surface area (Å²) in [4.78, 5) is 12.1. The molecule has 5 nitrogen and oxygen atoms in total. The fourth-order valence-corrected chi connectivity index (χ4v) is 4.10. The van der Waals surface area contributed by atoms with E-state index in [1.165, 1.54) is 0 Å². The Bertz CT molecular complexity index is 822. The molecule has 2 aromatic rings. The molecule has 0 aliphatic carbocycles. The maximum Gasteiger partial charge on any atom is 0.443 e. The van der Waals surface area contributed by atoms with E-state index in [9.17, 15) is 17.6 Å². The van der Waals surface area contributed by atoms with Gasteiger partial charge in [0.1, 0.15) is 17.4 Å². The summed E-state index contributed by atoms with van der Waals surface area (Å²) in [5.41, 5.74) is 0.860. The Morgan fingerprint density at radius 2 is 1.93 bits per heavy atom. The quantitative estimate of drug-likeness (QED) is 0.438. The van der Waals surface area contributed by atoms with E-state index in [0.717, 1.165) is 13.0 Å². The Hall–Kier alpha value is -2.20. The van der Waals surface area contributed by atoms with Crippen molar-refractivity contribution in [3.05, 3.63) is 41.0 Å². The van der Waals surface area contributed by atoms with Crippen molar-refractivity contribution in [3.8, 4) is 0 Å². The van der Waals surface area contributed by atoms with Crippen molar-refractivity contribution in [2.75, 3.05) is 51.8 Å². The number of alkyl halides is 4. The number of thiazole rings is 1. The number of hydrogen-bond acceptors (Lipinski definition) is 5. The highest BCUT2D eigenvalue weighted by atomic mass is 32.1. The second kappa shape index (κ2) is 9.53. The van der Waals surface area contributed by atoms with Gasteiger partial charge in [-0.2, -0.15) is 13.2 Å². The lowest BCUT2D eigenvalue weighted by molar-refractivity contribution is -0.137. The first-order valence-electron chi connectivity index (χ1n) is 9.33. The fraction of sp³-hybridized carbons (Fsp3) is 0.474. The molecule has 1 aromatic heterocycles. The minimum atomic E-state index is -4.54. The predicted molar refractivity (Wildman–Crippen MR) is 108 cm³/mol. The summed E-state index contributed by atoms with van der Waals surface area (Å²) in [5.74, 6) is 0.414. The average molecular weight is 429 g/mol. The number of para-hydroxylation sites is 1. The van der Waals surface area contributed by atoms with Crippen LogP contribution in [0, 0.1) is 0 Å². The van der Waals surface area contributed by atoms with Gasteiger partial charge < -0.3 is 10.2 Å². The van der Waals surface area contributed by atoms with Gasteiger partial charge in [-0.25, -0.2) is 9.37 Å². The summed E-state index contributed by atoms with van der Waals surface area (Å²) < 4.78 is 52.7. The Morgan fingerprint density at radius 3 is 2.59 bits per heavy atom. The zero-order valence-electron chi connectivity index (χ0n) is 16.0. The van der Waals surface area contributed by atoms with E-state index in [0.29, 0.717) is 54.0 Å². The number of nitrogens with zero attached hydrogens (tertiary/aromatic N) is 4. The van der Waals surface area contributed by atoms with Crippen LogP contribution in [0.4, 0.5) is 28.3 Å². The maximum atomic E-state index is 13.4. The molecule has 1 aromatic carbocycles. The molecule has 0 saturated carbocycles. The van der Waals surface area contributed by atoms with Crippen LogP contribution in [-0.4, -0.2) is 67.1 Å². The number of aromatic nitrogens is 1. The number of benzene rings is 1. The molecule has 1 aliphatic rings. The summed E-state index contributed by atoms with van der Waals surface area (Å²) in [5, 5.41) is 2.44. The number of aliphatic imine (C=N–C) groups is 1. The lowest BCUT2D eigenvalue weighted by Crippen LogP contribution is -2.36. The summed E-state index contributed by atoms with van der Waals surface area (Å²) in [6.07, 6.45) is -3.76. The van der Waals surface area contributed by atoms with E-state index in [1.807, 2.05) is 15.9 Å². The van der Waals surface area contributed by atoms with Crippen LogP contribution in [-0.2, 0) is 6.18 Å². The lowest BCUT2D eigenvalue weighted by Gasteiger charge is -2.24. The van der Waals surface area contributed by atoms with Crippen molar-refractivity contribution < 1.29 is 17.6 Å². The Kier molecular flexibility index (Phi) is 7.07. The van der Waals surface area contributed by atoms with Crippen LogP contribution in [0.2, 0.25) is 0 Å². The first-order chi connectivity index (χ1) is 13.9. The summed E-state index contributed by atoms with van der Waals surface area (Å²) >= 11 is 0.568. The van der Waals surface area contributed by atoms with Crippen molar-refractivity contribution in [2.24, 2.45) is 4.99 Å². The second-order valence-electron chi connectivity index (χ2n) is 6.60. The number of anilines is 2. The van der Waals surface area contributed by atoms with Crippen LogP contribution in [0.25, 0.3) is 0 Å². The molecular formula is C19H23F4N5S. The monoisotopic (exact) mass is 429 g/mol. The van der Waals surface area contributed by atoms with Crippen molar-refractivity contribution in [1.82, 2.24) is 14.8 Å². The van der Waals surface area contributed by atoms with E-state index in [-0.39, 0.29) is 5.69 Å². The minimum Gasteiger partial charge on any atom is -0.354 e. The third kappa shape index (κ3) is 5.45. The highest BCUT2D eigenvalue weighted by Crippen LogP contribution is 2.38. The van der Waals surface area contributed by atoms with E-state index >= 15 is 0 Å². The maximum absolute atomic E-state index is 13.4. The molecular weight excluding hydrogens is 406 g/mol. The number of nitrogens with one attached hydrogen (secondary N) is 1. The van der Waals surface area contributed by atoms with Crippen molar-refractivity contribution >= 4 is 27.9 Å². The van der Waals surface area contributed by atoms with Crippen LogP contribution in [0.3, 0.4) is 0 Å². The lowest BCUT2D eigenvalue weighted by atomic mass is 10.3. The van der Waals surface area contributed by atoms with Crippen LogP contribution < -0.4 is 5.32 Å². The molecule has 1 saturated heterocycles. The molecule has 1 fully saturated rings. The molecule has 158 valence electrons. The molecule has 0 atom stereocenters. The topological polar surface area (TPSA) is 43.8 Å². The third-order valence-corrected chi connectivity index (χ3v) is 5.63. The van der Waals surface area contributed by atoms with Crippen molar-refractivity contribution in [1.29, 1.82) is 0 Å². The van der Waals surface area contributed by atoms with Crippen LogP contribution in [0.5, 0.6) is 0 Å². The third-order valence-electron chi connectivity index (χ3n) is 4.61. The van der Waals surface area contributed by atoms with E-state index in [2.05, 4.69) is 15.3 Å². The highest BCUT2D eigenvalue weighted by molar-refractivity contribution is 7.16. The van der Waals surface area contributed by atoms with Crippen LogP contribution >= 0.6 is 11.3 Å². The summed E-state index contributed by atoms with van der Waals surface area (Å²) in [6.45, 7) is 2.50. The fourth-order valence-electron chi connectivity index (χ4n) is 3.25. The molecule has 0 spiro atoms. The van der Waals surface area contributed by atoms with Crippen molar-refractivity contribution in [3.63, 3.8) is 0 Å². The molecule has 2 heterocycles. The molecule has 0 bridgehead atoms. The smallest absolute Gasteiger partial charge is 0.354 e. The molecule has 10 heteroatoms. The number of amidine groups is 1. The van der Waals surface area contributed by atoms with E-state index in [4.69, 9.17) is 0 Å². The van der Waals surface area contributed by atoms with Gasteiger partial charge in [0.15, 0.2) is 5.84 Å². The van der Waals surface area contributed by atoms with Gasteiger partial charge in [-0.15, -0.1) is 0 Å². The van der Waals surface area contributed by atoms with Gasteiger partial charge in [0.2, 0.25) is 5.01 Å². The van der Waals surface area contributed by atoms with Gasteiger partial charge in [0, 0.05) is 38.9 Å². The van der Waals surface area contributed by atoms with Crippen LogP contribution in [0.15, 0.2) is 35.3 Å². The zero-order chi connectivity index (χ0) is 20.9. The van der Waals surface area contributed by atoms with E-state index in [1.54, 1.807) is 31.3 Å². The predicted octanol–water partition coefficient (Wildman–Crippen LogP) is 4.26. The average Bonchev–Trinajstić information content (AvgIpc) is 2.97. The number of hydrogen-bond donors (Lipinski definition) is 1. The SMILES string of the molecule is CN=C(c1nc(C(F)(F)F)sc1Nc1ccccc1)N1CCCN(CCF)CC1. The van der Waals surface area contributed by atoms with E-state index < -0.39 is 17.9 Å². The molecule has 3 rings (SSSR count). The number of halogens is 4. The first-order valence-corrected chi connectivity index (χ1v) is 10.1. The Labute approximate surface area is 171 Å².